The fourth-order valence-electron chi connectivity index (χ4n) is 3.83. The molecule has 2 aliphatic heterocycles. The third kappa shape index (κ3) is 7.30. The van der Waals surface area contributed by atoms with Crippen molar-refractivity contribution in [2.75, 3.05) is 25.4 Å². The normalized spacial score (nSPS) is 21.8. The van der Waals surface area contributed by atoms with E-state index in [4.69, 9.17) is 0 Å². The lowest BCUT2D eigenvalue weighted by molar-refractivity contribution is -0.132. The standard InChI is InChI=1S/C21H39N3O2S/c1-4-5-6-7-8-9-10-19(25)24-13-11-21(12-14-24)23-18(16-27-21)20(26)22-15-17(2)3/h17-18,23H,4-16H2,1-3H3,(H,22,26). The van der Waals surface area contributed by atoms with E-state index in [0.29, 0.717) is 18.2 Å². The molecule has 1 unspecified atom stereocenters. The molecule has 2 fully saturated rings. The lowest BCUT2D eigenvalue weighted by atomic mass is 10.0. The number of likely N-dealkylation sites (tertiary alicyclic amines) is 1. The van der Waals surface area contributed by atoms with E-state index >= 15 is 0 Å². The zero-order valence-electron chi connectivity index (χ0n) is 17.5. The lowest BCUT2D eigenvalue weighted by Gasteiger charge is -2.39. The number of hydrogen-bond donors (Lipinski definition) is 2. The third-order valence-electron chi connectivity index (χ3n) is 5.63. The molecule has 27 heavy (non-hydrogen) atoms. The molecule has 2 saturated heterocycles. The summed E-state index contributed by atoms with van der Waals surface area (Å²) in [6.07, 6.45) is 9.89. The van der Waals surface area contributed by atoms with Crippen LogP contribution in [0.2, 0.25) is 0 Å². The highest BCUT2D eigenvalue weighted by Crippen LogP contribution is 2.39. The molecular weight excluding hydrogens is 358 g/mol. The summed E-state index contributed by atoms with van der Waals surface area (Å²) in [4.78, 5) is 26.8. The monoisotopic (exact) mass is 397 g/mol. The van der Waals surface area contributed by atoms with Crippen LogP contribution >= 0.6 is 11.8 Å². The molecule has 0 aromatic rings. The average Bonchev–Trinajstić information content (AvgIpc) is 3.06. The second-order valence-corrected chi connectivity index (χ2v) is 9.94. The second kappa shape index (κ2) is 11.3. The van der Waals surface area contributed by atoms with Crippen LogP contribution in [0.4, 0.5) is 0 Å². The number of nitrogens with zero attached hydrogens (tertiary/aromatic N) is 1. The van der Waals surface area contributed by atoms with Gasteiger partial charge in [-0.15, -0.1) is 11.8 Å². The van der Waals surface area contributed by atoms with Gasteiger partial charge in [0, 0.05) is 31.8 Å². The fraction of sp³-hybridized carbons (Fsp3) is 0.905. The van der Waals surface area contributed by atoms with Crippen LogP contribution in [0.3, 0.4) is 0 Å². The minimum absolute atomic E-state index is 0.0171. The summed E-state index contributed by atoms with van der Waals surface area (Å²) in [5.41, 5.74) is 0. The molecule has 2 amide bonds. The van der Waals surface area contributed by atoms with Gasteiger partial charge in [0.25, 0.3) is 0 Å². The maximum absolute atomic E-state index is 12.4. The Morgan fingerprint density at radius 3 is 2.48 bits per heavy atom. The number of piperidine rings is 1. The summed E-state index contributed by atoms with van der Waals surface area (Å²) in [6.45, 7) is 8.80. The van der Waals surface area contributed by atoms with Crippen molar-refractivity contribution in [1.29, 1.82) is 0 Å². The smallest absolute Gasteiger partial charge is 0.238 e. The molecule has 2 heterocycles. The first-order chi connectivity index (χ1) is 13.0. The molecule has 0 aliphatic carbocycles. The van der Waals surface area contributed by atoms with Gasteiger partial charge in [0.2, 0.25) is 11.8 Å². The van der Waals surface area contributed by atoms with E-state index in [9.17, 15) is 9.59 Å². The fourth-order valence-corrected chi connectivity index (χ4v) is 5.25. The summed E-state index contributed by atoms with van der Waals surface area (Å²) in [7, 11) is 0. The van der Waals surface area contributed by atoms with Crippen molar-refractivity contribution in [3.8, 4) is 0 Å². The molecule has 156 valence electrons. The van der Waals surface area contributed by atoms with E-state index < -0.39 is 0 Å². The SMILES string of the molecule is CCCCCCCCC(=O)N1CCC2(CC1)NC(C(=O)NCC(C)C)CS2. The summed E-state index contributed by atoms with van der Waals surface area (Å²) in [6, 6.07) is -0.0980. The van der Waals surface area contributed by atoms with Crippen molar-refractivity contribution in [1.82, 2.24) is 15.5 Å². The number of thioether (sulfide) groups is 1. The third-order valence-corrected chi connectivity index (χ3v) is 7.21. The Morgan fingerprint density at radius 1 is 1.15 bits per heavy atom. The van der Waals surface area contributed by atoms with E-state index in [1.54, 1.807) is 0 Å². The van der Waals surface area contributed by atoms with Gasteiger partial charge in [0.05, 0.1) is 10.9 Å². The summed E-state index contributed by atoms with van der Waals surface area (Å²) in [5, 5.41) is 6.61. The van der Waals surface area contributed by atoms with Crippen LogP contribution in [0.1, 0.15) is 78.6 Å². The Bertz CT molecular complexity index is 476. The zero-order valence-corrected chi connectivity index (χ0v) is 18.3. The van der Waals surface area contributed by atoms with Crippen molar-refractivity contribution >= 4 is 23.6 Å². The minimum Gasteiger partial charge on any atom is -0.354 e. The van der Waals surface area contributed by atoms with Gasteiger partial charge in [-0.1, -0.05) is 52.9 Å². The van der Waals surface area contributed by atoms with Gasteiger partial charge >= 0.3 is 0 Å². The molecule has 1 spiro atoms. The molecule has 0 radical (unpaired) electrons. The van der Waals surface area contributed by atoms with Crippen LogP contribution in [0.5, 0.6) is 0 Å². The number of carbonyl (C=O) groups excluding carboxylic acids is 2. The Kier molecular flexibility index (Phi) is 9.43. The number of carbonyl (C=O) groups is 2. The number of nitrogens with one attached hydrogen (secondary N) is 2. The van der Waals surface area contributed by atoms with E-state index in [2.05, 4.69) is 31.4 Å². The molecule has 0 aromatic carbocycles. The van der Waals surface area contributed by atoms with Crippen LogP contribution in [-0.2, 0) is 9.59 Å². The highest BCUT2D eigenvalue weighted by atomic mass is 32.2. The Morgan fingerprint density at radius 2 is 1.81 bits per heavy atom. The van der Waals surface area contributed by atoms with Gasteiger partial charge in [0.1, 0.15) is 0 Å². The summed E-state index contributed by atoms with van der Waals surface area (Å²) < 4.78 is 0. The first kappa shape index (κ1) is 22.5. The number of unbranched alkanes of at least 4 members (excludes halogenated alkanes) is 5. The topological polar surface area (TPSA) is 61.4 Å². The Balaban J connectivity index is 1.66. The number of hydrogen-bond acceptors (Lipinski definition) is 4. The minimum atomic E-state index is -0.0980. The van der Waals surface area contributed by atoms with Crippen molar-refractivity contribution < 1.29 is 9.59 Å². The van der Waals surface area contributed by atoms with E-state index in [1.807, 2.05) is 16.7 Å². The lowest BCUT2D eigenvalue weighted by Crippen LogP contribution is -2.54. The molecule has 0 bridgehead atoms. The van der Waals surface area contributed by atoms with Crippen LogP contribution in [-0.4, -0.2) is 53.0 Å². The van der Waals surface area contributed by atoms with Gasteiger partial charge in [-0.25, -0.2) is 0 Å². The first-order valence-electron chi connectivity index (χ1n) is 10.9. The van der Waals surface area contributed by atoms with Crippen molar-refractivity contribution in [3.05, 3.63) is 0 Å². The molecule has 0 saturated carbocycles. The predicted octanol–water partition coefficient (Wildman–Crippen LogP) is 3.53. The van der Waals surface area contributed by atoms with Gasteiger partial charge in [-0.05, 0) is 25.2 Å². The predicted molar refractivity (Wildman–Crippen MR) is 114 cm³/mol. The first-order valence-corrected chi connectivity index (χ1v) is 11.9. The molecule has 2 N–H and O–H groups in total. The van der Waals surface area contributed by atoms with E-state index in [0.717, 1.165) is 44.6 Å². The average molecular weight is 398 g/mol. The summed E-state index contributed by atoms with van der Waals surface area (Å²) in [5.74, 6) is 1.73. The van der Waals surface area contributed by atoms with Crippen LogP contribution in [0.25, 0.3) is 0 Å². The molecule has 2 aliphatic rings. The number of rotatable bonds is 10. The zero-order chi connectivity index (χ0) is 19.7. The highest BCUT2D eigenvalue weighted by molar-refractivity contribution is 8.01. The second-order valence-electron chi connectivity index (χ2n) is 8.54. The van der Waals surface area contributed by atoms with Crippen molar-refractivity contribution in [2.45, 2.75) is 89.5 Å². The Labute approximate surface area is 169 Å². The van der Waals surface area contributed by atoms with Crippen molar-refractivity contribution in [3.63, 3.8) is 0 Å². The van der Waals surface area contributed by atoms with Gasteiger partial charge < -0.3 is 10.2 Å². The molecule has 5 nitrogen and oxygen atoms in total. The van der Waals surface area contributed by atoms with Crippen LogP contribution in [0, 0.1) is 5.92 Å². The molecule has 1 atom stereocenters. The van der Waals surface area contributed by atoms with Gasteiger partial charge in [-0.2, -0.15) is 0 Å². The van der Waals surface area contributed by atoms with Crippen molar-refractivity contribution in [2.24, 2.45) is 5.92 Å². The quantitative estimate of drug-likeness (QED) is 0.554. The van der Waals surface area contributed by atoms with E-state index in [1.165, 1.54) is 32.1 Å². The van der Waals surface area contributed by atoms with Gasteiger partial charge in [0.15, 0.2) is 0 Å². The Hall–Kier alpha value is -0.750. The summed E-state index contributed by atoms with van der Waals surface area (Å²) >= 11 is 1.87. The largest absolute Gasteiger partial charge is 0.354 e. The highest BCUT2D eigenvalue weighted by Gasteiger charge is 2.44. The van der Waals surface area contributed by atoms with Gasteiger partial charge in [-0.3, -0.25) is 14.9 Å². The molecule has 2 rings (SSSR count). The maximum atomic E-state index is 12.4. The van der Waals surface area contributed by atoms with Crippen LogP contribution < -0.4 is 10.6 Å². The van der Waals surface area contributed by atoms with Crippen LogP contribution in [0.15, 0.2) is 0 Å². The molecule has 6 heteroatoms. The molecule has 0 aromatic heterocycles. The molecular formula is C21H39N3O2S. The maximum Gasteiger partial charge on any atom is 0.238 e. The van der Waals surface area contributed by atoms with E-state index in [-0.39, 0.29) is 16.8 Å². The number of amides is 2.